The summed E-state index contributed by atoms with van der Waals surface area (Å²) in [5.41, 5.74) is 1.02. The Bertz CT molecular complexity index is 350. The van der Waals surface area contributed by atoms with Crippen LogP contribution < -0.4 is 5.32 Å². The van der Waals surface area contributed by atoms with Crippen LogP contribution in [0.3, 0.4) is 0 Å². The predicted octanol–water partition coefficient (Wildman–Crippen LogP) is 2.26. The third kappa shape index (κ3) is 3.33. The van der Waals surface area contributed by atoms with Crippen molar-refractivity contribution in [3.63, 3.8) is 0 Å². The highest BCUT2D eigenvalue weighted by molar-refractivity contribution is 5.05. The number of rotatable bonds is 5. The quantitative estimate of drug-likeness (QED) is 0.871. The Hall–Kier alpha value is -0.870. The minimum Gasteiger partial charge on any atom is -0.444 e. The van der Waals surface area contributed by atoms with Crippen molar-refractivity contribution >= 4 is 0 Å². The van der Waals surface area contributed by atoms with Crippen LogP contribution in [0.5, 0.6) is 0 Å². The maximum Gasteiger partial charge on any atom is 0.208 e. The van der Waals surface area contributed by atoms with E-state index in [2.05, 4.69) is 22.1 Å². The SMILES string of the molecule is CCCN(Cc1nc(C)c(C)o1)C1CCNCC1. The van der Waals surface area contributed by atoms with Crippen molar-refractivity contribution in [2.24, 2.45) is 0 Å². The topological polar surface area (TPSA) is 41.3 Å². The van der Waals surface area contributed by atoms with Crippen LogP contribution in [0.4, 0.5) is 0 Å². The zero-order valence-electron chi connectivity index (χ0n) is 11.8. The number of oxazole rings is 1. The Balaban J connectivity index is 2.00. The highest BCUT2D eigenvalue weighted by Crippen LogP contribution is 2.17. The number of nitrogens with zero attached hydrogens (tertiary/aromatic N) is 2. The van der Waals surface area contributed by atoms with E-state index in [0.29, 0.717) is 6.04 Å². The van der Waals surface area contributed by atoms with Crippen molar-refractivity contribution < 1.29 is 4.42 Å². The molecule has 0 saturated carbocycles. The minimum absolute atomic E-state index is 0.679. The summed E-state index contributed by atoms with van der Waals surface area (Å²) >= 11 is 0. The number of piperidine rings is 1. The Labute approximate surface area is 110 Å². The lowest BCUT2D eigenvalue weighted by Crippen LogP contribution is -2.43. The van der Waals surface area contributed by atoms with Gasteiger partial charge in [-0.2, -0.15) is 0 Å². The van der Waals surface area contributed by atoms with Gasteiger partial charge in [0.25, 0.3) is 0 Å². The van der Waals surface area contributed by atoms with Gasteiger partial charge in [0.2, 0.25) is 5.89 Å². The van der Waals surface area contributed by atoms with Gasteiger partial charge in [0.1, 0.15) is 5.76 Å². The predicted molar refractivity (Wildman–Crippen MR) is 72.6 cm³/mol. The van der Waals surface area contributed by atoms with E-state index in [0.717, 1.165) is 43.5 Å². The minimum atomic E-state index is 0.679. The average molecular weight is 251 g/mol. The fourth-order valence-electron chi connectivity index (χ4n) is 2.63. The summed E-state index contributed by atoms with van der Waals surface area (Å²) in [7, 11) is 0. The molecule has 18 heavy (non-hydrogen) atoms. The number of nitrogens with one attached hydrogen (secondary N) is 1. The first-order valence-corrected chi connectivity index (χ1v) is 7.08. The maximum absolute atomic E-state index is 5.71. The van der Waals surface area contributed by atoms with Crippen LogP contribution in [0.25, 0.3) is 0 Å². The molecule has 102 valence electrons. The van der Waals surface area contributed by atoms with Gasteiger partial charge in [0.05, 0.1) is 12.2 Å². The summed E-state index contributed by atoms with van der Waals surface area (Å²) < 4.78 is 5.71. The summed E-state index contributed by atoms with van der Waals surface area (Å²) in [5, 5.41) is 3.42. The molecule has 0 aliphatic carbocycles. The van der Waals surface area contributed by atoms with Gasteiger partial charge in [-0.15, -0.1) is 0 Å². The van der Waals surface area contributed by atoms with Gasteiger partial charge < -0.3 is 9.73 Å². The van der Waals surface area contributed by atoms with Crippen LogP contribution in [0.15, 0.2) is 4.42 Å². The fraction of sp³-hybridized carbons (Fsp3) is 0.786. The standard InChI is InChI=1S/C14H25N3O/c1-4-9-17(13-5-7-15-8-6-13)10-14-16-11(2)12(3)18-14/h13,15H,4-10H2,1-3H3. The Morgan fingerprint density at radius 3 is 2.61 bits per heavy atom. The van der Waals surface area contributed by atoms with E-state index < -0.39 is 0 Å². The first-order chi connectivity index (χ1) is 8.70. The molecule has 4 nitrogen and oxygen atoms in total. The number of hydrogen-bond acceptors (Lipinski definition) is 4. The second-order valence-electron chi connectivity index (χ2n) is 5.20. The summed E-state index contributed by atoms with van der Waals surface area (Å²) in [4.78, 5) is 7.04. The maximum atomic E-state index is 5.71. The zero-order valence-corrected chi connectivity index (χ0v) is 11.8. The first kappa shape index (κ1) is 13.6. The van der Waals surface area contributed by atoms with Crippen molar-refractivity contribution in [1.82, 2.24) is 15.2 Å². The monoisotopic (exact) mass is 251 g/mol. The second kappa shape index (κ2) is 6.34. The van der Waals surface area contributed by atoms with E-state index in [9.17, 15) is 0 Å². The van der Waals surface area contributed by atoms with E-state index in [1.807, 2.05) is 13.8 Å². The molecule has 1 N–H and O–H groups in total. The summed E-state index contributed by atoms with van der Waals surface area (Å²) in [6.07, 6.45) is 3.65. The lowest BCUT2D eigenvalue weighted by molar-refractivity contribution is 0.140. The summed E-state index contributed by atoms with van der Waals surface area (Å²) in [5.74, 6) is 1.82. The van der Waals surface area contributed by atoms with Crippen molar-refractivity contribution in [2.45, 2.75) is 52.6 Å². The molecule has 0 aromatic carbocycles. The van der Waals surface area contributed by atoms with Gasteiger partial charge in [0, 0.05) is 6.04 Å². The Morgan fingerprint density at radius 1 is 1.33 bits per heavy atom. The summed E-state index contributed by atoms with van der Waals surface area (Å²) in [6, 6.07) is 0.679. The molecule has 1 aromatic rings. The molecular formula is C14H25N3O. The van der Waals surface area contributed by atoms with Crippen LogP contribution in [0, 0.1) is 13.8 Å². The van der Waals surface area contributed by atoms with Crippen molar-refractivity contribution in [1.29, 1.82) is 0 Å². The van der Waals surface area contributed by atoms with Crippen molar-refractivity contribution in [2.75, 3.05) is 19.6 Å². The molecule has 0 bridgehead atoms. The van der Waals surface area contributed by atoms with E-state index in [4.69, 9.17) is 4.42 Å². The molecule has 1 aromatic heterocycles. The van der Waals surface area contributed by atoms with E-state index in [1.165, 1.54) is 19.3 Å². The third-order valence-corrected chi connectivity index (χ3v) is 3.75. The highest BCUT2D eigenvalue weighted by atomic mass is 16.4. The molecule has 1 saturated heterocycles. The smallest absolute Gasteiger partial charge is 0.208 e. The Morgan fingerprint density at radius 2 is 2.06 bits per heavy atom. The molecule has 0 spiro atoms. The highest BCUT2D eigenvalue weighted by Gasteiger charge is 2.22. The lowest BCUT2D eigenvalue weighted by Gasteiger charge is -2.33. The van der Waals surface area contributed by atoms with Crippen molar-refractivity contribution in [3.8, 4) is 0 Å². The summed E-state index contributed by atoms with van der Waals surface area (Å²) in [6.45, 7) is 10.5. The normalized spacial score (nSPS) is 17.6. The molecule has 0 unspecified atom stereocenters. The molecule has 1 aliphatic heterocycles. The number of hydrogen-bond donors (Lipinski definition) is 1. The number of aromatic nitrogens is 1. The molecule has 0 atom stereocenters. The second-order valence-corrected chi connectivity index (χ2v) is 5.20. The third-order valence-electron chi connectivity index (χ3n) is 3.75. The molecule has 0 radical (unpaired) electrons. The van der Waals surface area contributed by atoms with E-state index >= 15 is 0 Å². The van der Waals surface area contributed by atoms with E-state index in [-0.39, 0.29) is 0 Å². The van der Waals surface area contributed by atoms with Crippen LogP contribution in [0.2, 0.25) is 0 Å². The van der Waals surface area contributed by atoms with Crippen LogP contribution >= 0.6 is 0 Å². The van der Waals surface area contributed by atoms with Gasteiger partial charge >= 0.3 is 0 Å². The zero-order chi connectivity index (χ0) is 13.0. The average Bonchev–Trinajstić information content (AvgIpc) is 2.69. The molecular weight excluding hydrogens is 226 g/mol. The number of aryl methyl sites for hydroxylation is 2. The molecule has 2 heterocycles. The fourth-order valence-corrected chi connectivity index (χ4v) is 2.63. The van der Waals surface area contributed by atoms with Crippen molar-refractivity contribution in [3.05, 3.63) is 17.3 Å². The van der Waals surface area contributed by atoms with Gasteiger partial charge in [-0.25, -0.2) is 4.98 Å². The molecule has 4 heteroatoms. The van der Waals surface area contributed by atoms with Crippen LogP contribution in [-0.4, -0.2) is 35.6 Å². The molecule has 1 aliphatic rings. The molecule has 2 rings (SSSR count). The lowest BCUT2D eigenvalue weighted by atomic mass is 10.0. The van der Waals surface area contributed by atoms with Gasteiger partial charge in [-0.05, 0) is 52.7 Å². The molecule has 1 fully saturated rings. The Kier molecular flexibility index (Phi) is 4.78. The van der Waals surface area contributed by atoms with Gasteiger partial charge in [0.15, 0.2) is 0 Å². The van der Waals surface area contributed by atoms with Gasteiger partial charge in [-0.3, -0.25) is 4.90 Å². The van der Waals surface area contributed by atoms with E-state index in [1.54, 1.807) is 0 Å². The van der Waals surface area contributed by atoms with Crippen LogP contribution in [0.1, 0.15) is 43.5 Å². The molecule has 0 amide bonds. The van der Waals surface area contributed by atoms with Gasteiger partial charge in [-0.1, -0.05) is 6.92 Å². The largest absolute Gasteiger partial charge is 0.444 e. The van der Waals surface area contributed by atoms with Crippen LogP contribution in [-0.2, 0) is 6.54 Å². The first-order valence-electron chi connectivity index (χ1n) is 7.08.